The Morgan fingerprint density at radius 3 is 2.09 bits per heavy atom. The largest absolute Gasteiger partial charge is 0.465 e. The van der Waals surface area contributed by atoms with Crippen LogP contribution in [0.1, 0.15) is 39.2 Å². The molecule has 0 radical (unpaired) electrons. The highest BCUT2D eigenvalue weighted by molar-refractivity contribution is 5.99. The average molecular weight is 322 g/mol. The van der Waals surface area contributed by atoms with Crippen molar-refractivity contribution in [3.8, 4) is 0 Å². The summed E-state index contributed by atoms with van der Waals surface area (Å²) in [6.45, 7) is 6.44. The number of hydrogen-bond acceptors (Lipinski definition) is 5. The van der Waals surface area contributed by atoms with Gasteiger partial charge in [0, 0.05) is 6.61 Å². The smallest absolute Gasteiger partial charge is 0.323 e. The van der Waals surface area contributed by atoms with Crippen LogP contribution in [0.2, 0.25) is 0 Å². The second kappa shape index (κ2) is 10.0. The van der Waals surface area contributed by atoms with Gasteiger partial charge in [0.25, 0.3) is 0 Å². The fraction of sp³-hybridized carbons (Fsp3) is 0.556. The molecule has 5 heteroatoms. The van der Waals surface area contributed by atoms with Gasteiger partial charge in [-0.3, -0.25) is 9.59 Å². The molecule has 0 aliphatic rings. The molecule has 1 aromatic rings. The highest BCUT2D eigenvalue weighted by Crippen LogP contribution is 2.27. The van der Waals surface area contributed by atoms with E-state index in [9.17, 15) is 9.59 Å². The van der Waals surface area contributed by atoms with E-state index in [-0.39, 0.29) is 13.2 Å². The van der Waals surface area contributed by atoms with E-state index in [1.165, 1.54) is 0 Å². The van der Waals surface area contributed by atoms with Crippen molar-refractivity contribution in [3.63, 3.8) is 0 Å². The summed E-state index contributed by atoms with van der Waals surface area (Å²) in [7, 11) is 0. The summed E-state index contributed by atoms with van der Waals surface area (Å²) >= 11 is 0. The molecule has 0 saturated carbocycles. The molecular formula is C18H26O5. The molecule has 0 N–H and O–H groups in total. The zero-order valence-electron chi connectivity index (χ0n) is 14.2. The lowest BCUT2D eigenvalue weighted by Crippen LogP contribution is -2.39. The summed E-state index contributed by atoms with van der Waals surface area (Å²) in [6, 6.07) is 9.84. The Labute approximate surface area is 137 Å². The molecule has 0 heterocycles. The molecule has 0 aromatic heterocycles. The highest BCUT2D eigenvalue weighted by Gasteiger charge is 2.43. The molecule has 0 aliphatic carbocycles. The summed E-state index contributed by atoms with van der Waals surface area (Å²) in [5.74, 6) is -1.08. The van der Waals surface area contributed by atoms with E-state index in [0.717, 1.165) is 5.56 Å². The molecule has 0 saturated heterocycles. The summed E-state index contributed by atoms with van der Waals surface area (Å²) in [5.41, 5.74) is -0.187. The van der Waals surface area contributed by atoms with Crippen LogP contribution in [-0.4, -0.2) is 31.8 Å². The van der Waals surface area contributed by atoms with Crippen LogP contribution in [-0.2, 0) is 30.4 Å². The number of carbonyl (C=O) groups excluding carboxylic acids is 2. The van der Waals surface area contributed by atoms with Gasteiger partial charge in [0.05, 0.1) is 19.8 Å². The van der Waals surface area contributed by atoms with Crippen molar-refractivity contribution in [1.82, 2.24) is 0 Å². The molecule has 1 aromatic carbocycles. The zero-order chi connectivity index (χ0) is 17.1. The molecule has 128 valence electrons. The van der Waals surface area contributed by atoms with Crippen molar-refractivity contribution in [1.29, 1.82) is 0 Å². The number of rotatable bonds is 10. The van der Waals surface area contributed by atoms with Crippen molar-refractivity contribution in [2.75, 3.05) is 19.8 Å². The number of benzene rings is 1. The minimum absolute atomic E-state index is 0.234. The minimum atomic E-state index is -1.28. The standard InChI is InChI=1S/C18H26O5/c1-4-22-16(19)18(3,17(20)23-5-2)12-9-13-21-14-15-10-7-6-8-11-15/h6-8,10-11H,4-5,9,12-14H2,1-3H3. The topological polar surface area (TPSA) is 61.8 Å². The van der Waals surface area contributed by atoms with Crippen LogP contribution in [0.5, 0.6) is 0 Å². The van der Waals surface area contributed by atoms with Gasteiger partial charge in [-0.25, -0.2) is 0 Å². The van der Waals surface area contributed by atoms with Gasteiger partial charge in [0.1, 0.15) is 0 Å². The van der Waals surface area contributed by atoms with E-state index in [1.807, 2.05) is 30.3 Å². The van der Waals surface area contributed by atoms with E-state index in [4.69, 9.17) is 14.2 Å². The predicted molar refractivity (Wildman–Crippen MR) is 86.7 cm³/mol. The van der Waals surface area contributed by atoms with Gasteiger partial charge in [-0.1, -0.05) is 30.3 Å². The Morgan fingerprint density at radius 1 is 1.00 bits per heavy atom. The van der Waals surface area contributed by atoms with Crippen LogP contribution >= 0.6 is 0 Å². The monoisotopic (exact) mass is 322 g/mol. The van der Waals surface area contributed by atoms with Crippen LogP contribution in [0.25, 0.3) is 0 Å². The SMILES string of the molecule is CCOC(=O)C(C)(CCCOCc1ccccc1)C(=O)OCC. The molecule has 0 unspecified atom stereocenters. The Kier molecular flexibility index (Phi) is 8.33. The third-order valence-electron chi connectivity index (χ3n) is 3.53. The maximum absolute atomic E-state index is 12.1. The quantitative estimate of drug-likeness (QED) is 0.376. The zero-order valence-corrected chi connectivity index (χ0v) is 14.2. The first-order chi connectivity index (χ1) is 11.0. The lowest BCUT2D eigenvalue weighted by atomic mass is 9.85. The van der Waals surface area contributed by atoms with E-state index in [0.29, 0.717) is 26.1 Å². The highest BCUT2D eigenvalue weighted by atomic mass is 16.6. The first kappa shape index (κ1) is 19.2. The van der Waals surface area contributed by atoms with Crippen LogP contribution in [0.3, 0.4) is 0 Å². The van der Waals surface area contributed by atoms with Crippen LogP contribution < -0.4 is 0 Å². The Morgan fingerprint density at radius 2 is 1.57 bits per heavy atom. The molecule has 23 heavy (non-hydrogen) atoms. The van der Waals surface area contributed by atoms with Crippen LogP contribution in [0.4, 0.5) is 0 Å². The lowest BCUT2D eigenvalue weighted by molar-refractivity contribution is -0.171. The second-order valence-corrected chi connectivity index (χ2v) is 5.41. The normalized spacial score (nSPS) is 11.1. The molecule has 0 amide bonds. The van der Waals surface area contributed by atoms with Crippen LogP contribution in [0.15, 0.2) is 30.3 Å². The van der Waals surface area contributed by atoms with E-state index >= 15 is 0 Å². The van der Waals surface area contributed by atoms with Gasteiger partial charge >= 0.3 is 11.9 Å². The molecule has 0 spiro atoms. The minimum Gasteiger partial charge on any atom is -0.465 e. The molecule has 1 rings (SSSR count). The summed E-state index contributed by atoms with van der Waals surface area (Å²) in [5, 5.41) is 0. The van der Waals surface area contributed by atoms with Crippen molar-refractivity contribution >= 4 is 11.9 Å². The third kappa shape index (κ3) is 6.02. The number of hydrogen-bond donors (Lipinski definition) is 0. The lowest BCUT2D eigenvalue weighted by Gasteiger charge is -2.24. The number of carbonyl (C=O) groups is 2. The third-order valence-corrected chi connectivity index (χ3v) is 3.53. The number of esters is 2. The Bertz CT molecular complexity index is 465. The van der Waals surface area contributed by atoms with Crippen LogP contribution in [0, 0.1) is 5.41 Å². The van der Waals surface area contributed by atoms with Crippen molar-refractivity contribution in [3.05, 3.63) is 35.9 Å². The maximum atomic E-state index is 12.1. The Balaban J connectivity index is 2.47. The van der Waals surface area contributed by atoms with Gasteiger partial charge in [0.15, 0.2) is 5.41 Å². The fourth-order valence-electron chi connectivity index (χ4n) is 2.16. The van der Waals surface area contributed by atoms with Crippen molar-refractivity contribution < 1.29 is 23.8 Å². The molecular weight excluding hydrogens is 296 g/mol. The second-order valence-electron chi connectivity index (χ2n) is 5.41. The average Bonchev–Trinajstić information content (AvgIpc) is 2.55. The first-order valence-electron chi connectivity index (χ1n) is 8.00. The first-order valence-corrected chi connectivity index (χ1v) is 8.00. The van der Waals surface area contributed by atoms with Crippen molar-refractivity contribution in [2.45, 2.75) is 40.2 Å². The van der Waals surface area contributed by atoms with E-state index in [2.05, 4.69) is 0 Å². The van der Waals surface area contributed by atoms with Gasteiger partial charge in [-0.15, -0.1) is 0 Å². The Hall–Kier alpha value is -1.88. The van der Waals surface area contributed by atoms with Gasteiger partial charge < -0.3 is 14.2 Å². The summed E-state index contributed by atoms with van der Waals surface area (Å²) < 4.78 is 15.6. The van der Waals surface area contributed by atoms with E-state index in [1.54, 1.807) is 20.8 Å². The molecule has 0 atom stereocenters. The summed E-state index contributed by atoms with van der Waals surface area (Å²) in [4.78, 5) is 24.2. The molecule has 0 bridgehead atoms. The fourth-order valence-corrected chi connectivity index (χ4v) is 2.16. The number of ether oxygens (including phenoxy) is 3. The van der Waals surface area contributed by atoms with Crippen molar-refractivity contribution in [2.24, 2.45) is 5.41 Å². The molecule has 0 fully saturated rings. The van der Waals surface area contributed by atoms with Gasteiger partial charge in [-0.2, -0.15) is 0 Å². The summed E-state index contributed by atoms with van der Waals surface area (Å²) in [6.07, 6.45) is 0.903. The maximum Gasteiger partial charge on any atom is 0.323 e. The van der Waals surface area contributed by atoms with Gasteiger partial charge in [-0.05, 0) is 39.2 Å². The predicted octanol–water partition coefficient (Wildman–Crippen LogP) is 3.12. The molecule has 5 nitrogen and oxygen atoms in total. The van der Waals surface area contributed by atoms with Gasteiger partial charge in [0.2, 0.25) is 0 Å². The van der Waals surface area contributed by atoms with E-state index < -0.39 is 17.4 Å². The molecule has 0 aliphatic heterocycles.